The van der Waals surface area contributed by atoms with Gasteiger partial charge in [-0.3, -0.25) is 0 Å². The summed E-state index contributed by atoms with van der Waals surface area (Å²) < 4.78 is 1.91. The van der Waals surface area contributed by atoms with Crippen LogP contribution in [-0.4, -0.2) is 9.38 Å². The lowest BCUT2D eigenvalue weighted by molar-refractivity contribution is 1.19. The number of rotatable bonds is 1. The Labute approximate surface area is 103 Å². The van der Waals surface area contributed by atoms with E-state index in [2.05, 4.69) is 4.98 Å². The Hall–Kier alpha value is -2.00. The molecule has 3 aromatic rings. The van der Waals surface area contributed by atoms with E-state index < -0.39 is 0 Å². The first kappa shape index (κ1) is 10.2. The standard InChI is InChI=1S/C13H10ClN3/c14-10-3-1-2-9(6-10)12-8-17-7-11(15)4-5-13(17)16-12/h1-8H,15H2. The highest BCUT2D eigenvalue weighted by Crippen LogP contribution is 2.22. The Morgan fingerprint density at radius 2 is 2.00 bits per heavy atom. The lowest BCUT2D eigenvalue weighted by Crippen LogP contribution is -1.88. The third-order valence-electron chi connectivity index (χ3n) is 2.59. The summed E-state index contributed by atoms with van der Waals surface area (Å²) in [6.07, 6.45) is 3.79. The molecule has 0 bridgehead atoms. The van der Waals surface area contributed by atoms with Gasteiger partial charge in [-0.1, -0.05) is 23.7 Å². The normalized spacial score (nSPS) is 10.9. The van der Waals surface area contributed by atoms with Gasteiger partial charge in [0.2, 0.25) is 0 Å². The minimum atomic E-state index is 0.707. The third kappa shape index (κ3) is 1.85. The van der Waals surface area contributed by atoms with Gasteiger partial charge in [0.25, 0.3) is 0 Å². The van der Waals surface area contributed by atoms with Gasteiger partial charge in [0.1, 0.15) is 5.65 Å². The average molecular weight is 244 g/mol. The molecule has 2 N–H and O–H groups in total. The van der Waals surface area contributed by atoms with Crippen LogP contribution in [0.3, 0.4) is 0 Å². The highest BCUT2D eigenvalue weighted by Gasteiger charge is 2.04. The molecule has 3 rings (SSSR count). The maximum Gasteiger partial charge on any atom is 0.137 e. The number of nitrogens with two attached hydrogens (primary N) is 1. The minimum Gasteiger partial charge on any atom is -0.398 e. The summed E-state index contributed by atoms with van der Waals surface area (Å²) in [6, 6.07) is 11.4. The van der Waals surface area contributed by atoms with Crippen molar-refractivity contribution in [2.45, 2.75) is 0 Å². The Kier molecular flexibility index (Phi) is 2.27. The molecular formula is C13H10ClN3. The number of imidazole rings is 1. The molecule has 2 aromatic heterocycles. The van der Waals surface area contributed by atoms with Crippen molar-refractivity contribution in [1.82, 2.24) is 9.38 Å². The summed E-state index contributed by atoms with van der Waals surface area (Å²) >= 11 is 5.96. The predicted molar refractivity (Wildman–Crippen MR) is 70.1 cm³/mol. The summed E-state index contributed by atoms with van der Waals surface area (Å²) in [5.74, 6) is 0. The first-order valence-corrected chi connectivity index (χ1v) is 5.60. The highest BCUT2D eigenvalue weighted by molar-refractivity contribution is 6.30. The van der Waals surface area contributed by atoms with E-state index in [1.54, 1.807) is 0 Å². The van der Waals surface area contributed by atoms with Crippen molar-refractivity contribution in [3.8, 4) is 11.3 Å². The van der Waals surface area contributed by atoms with E-state index in [1.165, 1.54) is 0 Å². The zero-order valence-electron chi connectivity index (χ0n) is 8.97. The molecule has 0 spiro atoms. The summed E-state index contributed by atoms with van der Waals surface area (Å²) in [5, 5.41) is 0.707. The first-order valence-electron chi connectivity index (χ1n) is 5.22. The topological polar surface area (TPSA) is 43.3 Å². The first-order chi connectivity index (χ1) is 8.22. The molecular weight excluding hydrogens is 234 g/mol. The third-order valence-corrected chi connectivity index (χ3v) is 2.83. The second kappa shape index (κ2) is 3.79. The average Bonchev–Trinajstić information content (AvgIpc) is 2.72. The molecule has 0 amide bonds. The van der Waals surface area contributed by atoms with Crippen molar-refractivity contribution in [2.75, 3.05) is 5.73 Å². The van der Waals surface area contributed by atoms with Gasteiger partial charge in [0.15, 0.2) is 0 Å². The van der Waals surface area contributed by atoms with Crippen molar-refractivity contribution >= 4 is 22.9 Å². The smallest absolute Gasteiger partial charge is 0.137 e. The number of hydrogen-bond donors (Lipinski definition) is 1. The molecule has 1 aromatic carbocycles. The van der Waals surface area contributed by atoms with Crippen LogP contribution in [0, 0.1) is 0 Å². The van der Waals surface area contributed by atoms with Gasteiger partial charge < -0.3 is 10.1 Å². The number of halogens is 1. The van der Waals surface area contributed by atoms with Crippen LogP contribution in [0.25, 0.3) is 16.9 Å². The molecule has 2 heterocycles. The van der Waals surface area contributed by atoms with Gasteiger partial charge in [0.05, 0.1) is 5.69 Å². The van der Waals surface area contributed by atoms with Gasteiger partial charge in [-0.15, -0.1) is 0 Å². The van der Waals surface area contributed by atoms with Gasteiger partial charge >= 0.3 is 0 Å². The molecule has 0 aliphatic carbocycles. The second-order valence-corrected chi connectivity index (χ2v) is 4.30. The maximum atomic E-state index is 5.96. The van der Waals surface area contributed by atoms with E-state index >= 15 is 0 Å². The van der Waals surface area contributed by atoms with Crippen LogP contribution in [0.15, 0.2) is 48.8 Å². The van der Waals surface area contributed by atoms with Crippen molar-refractivity contribution in [2.24, 2.45) is 0 Å². The number of nitrogens with zero attached hydrogens (tertiary/aromatic N) is 2. The predicted octanol–water partition coefficient (Wildman–Crippen LogP) is 3.24. The van der Waals surface area contributed by atoms with E-state index in [4.69, 9.17) is 17.3 Å². The molecule has 3 nitrogen and oxygen atoms in total. The van der Waals surface area contributed by atoms with E-state index in [1.807, 2.05) is 53.2 Å². The number of hydrogen-bond acceptors (Lipinski definition) is 2. The van der Waals surface area contributed by atoms with E-state index in [0.29, 0.717) is 10.7 Å². The maximum absolute atomic E-state index is 5.96. The lowest BCUT2D eigenvalue weighted by atomic mass is 10.2. The zero-order chi connectivity index (χ0) is 11.8. The summed E-state index contributed by atoms with van der Waals surface area (Å²) in [7, 11) is 0. The molecule has 0 unspecified atom stereocenters. The van der Waals surface area contributed by atoms with Crippen molar-refractivity contribution in [3.05, 3.63) is 53.8 Å². The number of pyridine rings is 1. The SMILES string of the molecule is Nc1ccc2nc(-c3cccc(Cl)c3)cn2c1. The molecule has 0 fully saturated rings. The van der Waals surface area contributed by atoms with Crippen molar-refractivity contribution < 1.29 is 0 Å². The number of anilines is 1. The molecule has 0 radical (unpaired) electrons. The fourth-order valence-corrected chi connectivity index (χ4v) is 1.99. The molecule has 17 heavy (non-hydrogen) atoms. The molecule has 84 valence electrons. The minimum absolute atomic E-state index is 0.707. The Bertz CT molecular complexity index is 688. The van der Waals surface area contributed by atoms with E-state index in [0.717, 1.165) is 16.9 Å². The van der Waals surface area contributed by atoms with E-state index in [9.17, 15) is 0 Å². The zero-order valence-corrected chi connectivity index (χ0v) is 9.72. The van der Waals surface area contributed by atoms with Crippen LogP contribution in [0.2, 0.25) is 5.02 Å². The monoisotopic (exact) mass is 243 g/mol. The number of aromatic nitrogens is 2. The quantitative estimate of drug-likeness (QED) is 0.713. The largest absolute Gasteiger partial charge is 0.398 e. The summed E-state index contributed by atoms with van der Waals surface area (Å²) in [4.78, 5) is 4.51. The second-order valence-electron chi connectivity index (χ2n) is 3.86. The molecule has 4 heteroatoms. The molecule has 0 aliphatic heterocycles. The molecule has 0 saturated heterocycles. The number of fused-ring (bicyclic) bond motifs is 1. The van der Waals surface area contributed by atoms with Crippen LogP contribution in [0.5, 0.6) is 0 Å². The van der Waals surface area contributed by atoms with Crippen molar-refractivity contribution in [1.29, 1.82) is 0 Å². The Morgan fingerprint density at radius 1 is 1.12 bits per heavy atom. The summed E-state index contributed by atoms with van der Waals surface area (Å²) in [5.41, 5.74) is 9.20. The van der Waals surface area contributed by atoms with E-state index in [-0.39, 0.29) is 0 Å². The highest BCUT2D eigenvalue weighted by atomic mass is 35.5. The van der Waals surface area contributed by atoms with Gasteiger partial charge in [0, 0.05) is 28.7 Å². The lowest BCUT2D eigenvalue weighted by Gasteiger charge is -1.95. The fourth-order valence-electron chi connectivity index (χ4n) is 1.80. The van der Waals surface area contributed by atoms with Crippen molar-refractivity contribution in [3.63, 3.8) is 0 Å². The van der Waals surface area contributed by atoms with Crippen LogP contribution in [0.4, 0.5) is 5.69 Å². The number of benzene rings is 1. The molecule has 0 saturated carbocycles. The van der Waals surface area contributed by atoms with Crippen LogP contribution in [-0.2, 0) is 0 Å². The van der Waals surface area contributed by atoms with Crippen LogP contribution >= 0.6 is 11.6 Å². The molecule has 0 aliphatic rings. The Morgan fingerprint density at radius 3 is 2.82 bits per heavy atom. The van der Waals surface area contributed by atoms with Gasteiger partial charge in [-0.2, -0.15) is 0 Å². The van der Waals surface area contributed by atoms with Crippen LogP contribution in [0.1, 0.15) is 0 Å². The summed E-state index contributed by atoms with van der Waals surface area (Å²) in [6.45, 7) is 0. The molecule has 0 atom stereocenters. The van der Waals surface area contributed by atoms with Crippen LogP contribution < -0.4 is 5.73 Å². The Balaban J connectivity index is 2.18. The van der Waals surface area contributed by atoms with Gasteiger partial charge in [-0.25, -0.2) is 4.98 Å². The fraction of sp³-hybridized carbons (Fsp3) is 0. The number of nitrogen functional groups attached to an aromatic ring is 1. The van der Waals surface area contributed by atoms with Gasteiger partial charge in [-0.05, 0) is 24.3 Å².